The second kappa shape index (κ2) is 10.4. The molecular formula is C38H28N6. The summed E-state index contributed by atoms with van der Waals surface area (Å²) >= 11 is 0. The number of hydrogen-bond donors (Lipinski definition) is 0. The lowest BCUT2D eigenvalue weighted by Crippen LogP contribution is -2.07. The largest absolute Gasteiger partial charge is 0.309 e. The van der Waals surface area contributed by atoms with Gasteiger partial charge in [0.25, 0.3) is 0 Å². The van der Waals surface area contributed by atoms with Gasteiger partial charge in [0.1, 0.15) is 0 Å². The molecule has 0 saturated carbocycles. The molecule has 0 bridgehead atoms. The zero-order valence-electron chi connectivity index (χ0n) is 24.4. The average Bonchev–Trinajstić information content (AvgIpc) is 3.61. The topological polar surface area (TPSA) is 61.4 Å². The van der Waals surface area contributed by atoms with E-state index >= 15 is 0 Å². The maximum Gasteiger partial charge on any atom is 0.238 e. The third kappa shape index (κ3) is 4.03. The van der Waals surface area contributed by atoms with Crippen LogP contribution in [0, 0.1) is 0 Å². The number of pyridine rings is 1. The SMILES string of the molecule is C/C=C\C=C(/C)c1nc(-c2ccccc2)nc(-n2c3cccnc3c3ccc4c(c5ccccc5n4-c4ccccc4)c32)n1. The molecule has 0 unspecified atom stereocenters. The lowest BCUT2D eigenvalue weighted by atomic mass is 10.1. The lowest BCUT2D eigenvalue weighted by molar-refractivity contribution is 0.931. The molecule has 0 saturated heterocycles. The minimum absolute atomic E-state index is 0.555. The first-order chi connectivity index (χ1) is 21.7. The van der Waals surface area contributed by atoms with Gasteiger partial charge < -0.3 is 4.57 Å². The van der Waals surface area contributed by atoms with Gasteiger partial charge in [0.2, 0.25) is 5.95 Å². The fraction of sp³-hybridized carbons (Fsp3) is 0.0526. The van der Waals surface area contributed by atoms with E-state index in [2.05, 4.69) is 81.9 Å². The first kappa shape index (κ1) is 25.8. The maximum absolute atomic E-state index is 5.12. The molecule has 8 rings (SSSR count). The van der Waals surface area contributed by atoms with Crippen molar-refractivity contribution in [2.24, 2.45) is 0 Å². The Morgan fingerprint density at radius 2 is 1.41 bits per heavy atom. The van der Waals surface area contributed by atoms with E-state index in [4.69, 9.17) is 19.9 Å². The quantitative estimate of drug-likeness (QED) is 0.194. The molecular weight excluding hydrogens is 540 g/mol. The van der Waals surface area contributed by atoms with Crippen LogP contribution in [0.5, 0.6) is 0 Å². The van der Waals surface area contributed by atoms with Gasteiger partial charge in [0.15, 0.2) is 11.6 Å². The molecule has 210 valence electrons. The van der Waals surface area contributed by atoms with E-state index in [1.54, 1.807) is 0 Å². The summed E-state index contributed by atoms with van der Waals surface area (Å²) in [6, 6.07) is 37.6. The fourth-order valence-corrected chi connectivity index (χ4v) is 6.11. The Morgan fingerprint density at radius 3 is 2.23 bits per heavy atom. The Hall–Kier alpha value is -5.88. The predicted molar refractivity (Wildman–Crippen MR) is 180 cm³/mol. The molecule has 0 aliphatic heterocycles. The van der Waals surface area contributed by atoms with Crippen LogP contribution >= 0.6 is 0 Å². The molecule has 0 aliphatic carbocycles. The van der Waals surface area contributed by atoms with E-state index in [1.807, 2.05) is 74.7 Å². The molecule has 6 heteroatoms. The molecule has 8 aromatic rings. The Kier molecular flexibility index (Phi) is 6.12. The van der Waals surface area contributed by atoms with Crippen molar-refractivity contribution in [1.29, 1.82) is 0 Å². The smallest absolute Gasteiger partial charge is 0.238 e. The Labute approximate surface area is 254 Å². The van der Waals surface area contributed by atoms with Crippen molar-refractivity contribution in [2.45, 2.75) is 13.8 Å². The molecule has 44 heavy (non-hydrogen) atoms. The minimum atomic E-state index is 0.555. The lowest BCUT2D eigenvalue weighted by Gasteiger charge is -2.11. The first-order valence-corrected chi connectivity index (χ1v) is 14.7. The van der Waals surface area contributed by atoms with Crippen LogP contribution < -0.4 is 0 Å². The average molecular weight is 569 g/mol. The molecule has 0 amide bonds. The van der Waals surface area contributed by atoms with Crippen molar-refractivity contribution >= 4 is 49.3 Å². The van der Waals surface area contributed by atoms with Crippen molar-refractivity contribution in [1.82, 2.24) is 29.1 Å². The maximum atomic E-state index is 5.12. The van der Waals surface area contributed by atoms with Crippen LogP contribution in [-0.4, -0.2) is 29.1 Å². The van der Waals surface area contributed by atoms with E-state index in [9.17, 15) is 0 Å². The second-order valence-electron chi connectivity index (χ2n) is 10.8. The van der Waals surface area contributed by atoms with Gasteiger partial charge in [0, 0.05) is 33.6 Å². The van der Waals surface area contributed by atoms with Crippen LogP contribution in [0.3, 0.4) is 0 Å². The van der Waals surface area contributed by atoms with Crippen molar-refractivity contribution in [3.8, 4) is 23.0 Å². The van der Waals surface area contributed by atoms with Crippen molar-refractivity contribution < 1.29 is 0 Å². The van der Waals surface area contributed by atoms with Crippen LogP contribution in [0.4, 0.5) is 0 Å². The van der Waals surface area contributed by atoms with Crippen LogP contribution in [-0.2, 0) is 0 Å². The number of para-hydroxylation sites is 2. The number of benzene rings is 4. The highest BCUT2D eigenvalue weighted by Gasteiger charge is 2.23. The van der Waals surface area contributed by atoms with Crippen molar-refractivity contribution in [2.75, 3.05) is 0 Å². The van der Waals surface area contributed by atoms with Gasteiger partial charge in [0.05, 0.1) is 27.6 Å². The number of aromatic nitrogens is 6. The third-order valence-electron chi connectivity index (χ3n) is 8.08. The molecule has 4 aromatic carbocycles. The number of hydrogen-bond acceptors (Lipinski definition) is 4. The van der Waals surface area contributed by atoms with Crippen molar-refractivity contribution in [3.63, 3.8) is 0 Å². The Balaban J connectivity index is 1.54. The van der Waals surface area contributed by atoms with E-state index in [0.717, 1.165) is 60.6 Å². The van der Waals surface area contributed by atoms with Gasteiger partial charge in [-0.15, -0.1) is 0 Å². The summed E-state index contributed by atoms with van der Waals surface area (Å²) in [6.07, 6.45) is 7.89. The van der Waals surface area contributed by atoms with E-state index < -0.39 is 0 Å². The van der Waals surface area contributed by atoms with Crippen LogP contribution in [0.2, 0.25) is 0 Å². The zero-order chi connectivity index (χ0) is 29.6. The summed E-state index contributed by atoms with van der Waals surface area (Å²) in [5.41, 5.74) is 8.11. The van der Waals surface area contributed by atoms with Crippen LogP contribution in [0.15, 0.2) is 134 Å². The van der Waals surface area contributed by atoms with Crippen LogP contribution in [0.1, 0.15) is 19.7 Å². The zero-order valence-corrected chi connectivity index (χ0v) is 24.4. The Bertz CT molecular complexity index is 2400. The number of fused-ring (bicyclic) bond motifs is 7. The molecule has 4 heterocycles. The highest BCUT2D eigenvalue weighted by Crippen LogP contribution is 2.41. The van der Waals surface area contributed by atoms with Gasteiger partial charge >= 0.3 is 0 Å². The molecule has 0 radical (unpaired) electrons. The molecule has 0 N–H and O–H groups in total. The van der Waals surface area contributed by atoms with Gasteiger partial charge in [-0.05, 0) is 61.9 Å². The minimum Gasteiger partial charge on any atom is -0.309 e. The molecule has 0 atom stereocenters. The Morgan fingerprint density at radius 1 is 0.659 bits per heavy atom. The summed E-state index contributed by atoms with van der Waals surface area (Å²) in [5, 5.41) is 3.33. The molecule has 0 fully saturated rings. The monoisotopic (exact) mass is 568 g/mol. The van der Waals surface area contributed by atoms with Gasteiger partial charge in [-0.1, -0.05) is 85.0 Å². The van der Waals surface area contributed by atoms with Gasteiger partial charge in [-0.25, -0.2) is 4.98 Å². The highest BCUT2D eigenvalue weighted by molar-refractivity contribution is 6.25. The molecule has 4 aromatic heterocycles. The third-order valence-corrected chi connectivity index (χ3v) is 8.08. The summed E-state index contributed by atoms with van der Waals surface area (Å²) in [5.74, 6) is 1.81. The summed E-state index contributed by atoms with van der Waals surface area (Å²) in [6.45, 7) is 4.03. The number of allylic oxidation sites excluding steroid dienone is 4. The summed E-state index contributed by atoms with van der Waals surface area (Å²) < 4.78 is 4.50. The molecule has 6 nitrogen and oxygen atoms in total. The van der Waals surface area contributed by atoms with Crippen molar-refractivity contribution in [3.05, 3.63) is 139 Å². The number of nitrogens with zero attached hydrogens (tertiary/aromatic N) is 6. The number of rotatable bonds is 5. The van der Waals surface area contributed by atoms with E-state index in [-0.39, 0.29) is 0 Å². The highest BCUT2D eigenvalue weighted by atomic mass is 15.2. The second-order valence-corrected chi connectivity index (χ2v) is 10.8. The molecule has 0 spiro atoms. The summed E-state index contributed by atoms with van der Waals surface area (Å²) in [4.78, 5) is 20.0. The van der Waals surface area contributed by atoms with Gasteiger partial charge in [-0.3, -0.25) is 9.55 Å². The standard InChI is InChI=1S/C38H28N6/c1-3-4-14-25(2)36-40-37(26-15-7-5-8-16-26)42-38(41-36)44-32-21-13-24-39-34(32)29-22-23-31-33(35(29)44)28-19-11-12-20-30(28)43(31)27-17-9-6-10-18-27/h3-24H,1-2H3/b4-3-,25-14+. The summed E-state index contributed by atoms with van der Waals surface area (Å²) in [7, 11) is 0. The molecule has 0 aliphatic rings. The normalized spacial score (nSPS) is 12.4. The van der Waals surface area contributed by atoms with E-state index in [0.29, 0.717) is 17.6 Å². The van der Waals surface area contributed by atoms with Gasteiger partial charge in [-0.2, -0.15) is 9.97 Å². The fourth-order valence-electron chi connectivity index (χ4n) is 6.11. The first-order valence-electron chi connectivity index (χ1n) is 14.7. The predicted octanol–water partition coefficient (Wildman–Crippen LogP) is 9.11. The van der Waals surface area contributed by atoms with Crippen LogP contribution in [0.25, 0.3) is 72.3 Å². The van der Waals surface area contributed by atoms with E-state index in [1.165, 1.54) is 0 Å².